The smallest absolute Gasteiger partial charge is 0.243 e. The van der Waals surface area contributed by atoms with Gasteiger partial charge in [0.25, 0.3) is 0 Å². The van der Waals surface area contributed by atoms with Gasteiger partial charge in [0.05, 0.1) is 6.04 Å². The van der Waals surface area contributed by atoms with Crippen molar-refractivity contribution in [3.8, 4) is 5.75 Å². The van der Waals surface area contributed by atoms with E-state index in [4.69, 9.17) is 4.74 Å². The molecule has 146 valence electrons. The summed E-state index contributed by atoms with van der Waals surface area (Å²) in [4.78, 5) is 17.9. The molecule has 0 bridgehead atoms. The molecule has 1 amide bonds. The number of ether oxygens (including phenoxy) is 1. The van der Waals surface area contributed by atoms with Gasteiger partial charge in [-0.3, -0.25) is 4.79 Å². The first-order chi connectivity index (χ1) is 11.7. The molecule has 1 aromatic carbocycles. The number of hydrogen-bond acceptors (Lipinski definition) is 3. The molecule has 2 N–H and O–H groups in total. The number of benzene rings is 1. The van der Waals surface area contributed by atoms with Crippen LogP contribution in [0.3, 0.4) is 0 Å². The Hall–Kier alpha value is -1.51. The maximum atomic E-state index is 11.9. The highest BCUT2D eigenvalue weighted by molar-refractivity contribution is 14.0. The van der Waals surface area contributed by atoms with Crippen LogP contribution in [0.25, 0.3) is 0 Å². The van der Waals surface area contributed by atoms with Crippen molar-refractivity contribution in [3.05, 3.63) is 29.8 Å². The van der Waals surface area contributed by atoms with Crippen molar-refractivity contribution < 1.29 is 9.53 Å². The monoisotopic (exact) mass is 474 g/mol. The van der Waals surface area contributed by atoms with E-state index in [2.05, 4.69) is 35.5 Å². The maximum absolute atomic E-state index is 11.9. The van der Waals surface area contributed by atoms with Crippen molar-refractivity contribution in [2.75, 3.05) is 20.6 Å². The van der Waals surface area contributed by atoms with Gasteiger partial charge in [-0.25, -0.2) is 4.99 Å². The molecule has 26 heavy (non-hydrogen) atoms. The van der Waals surface area contributed by atoms with E-state index in [0.29, 0.717) is 5.96 Å². The number of aliphatic imine (C=N–C) groups is 1. The summed E-state index contributed by atoms with van der Waals surface area (Å²) >= 11 is 0. The lowest BCUT2D eigenvalue weighted by molar-refractivity contribution is -0.127. The molecule has 0 aliphatic carbocycles. The summed E-state index contributed by atoms with van der Waals surface area (Å²) in [6, 6.07) is 8.34. The van der Waals surface area contributed by atoms with E-state index in [-0.39, 0.29) is 54.1 Å². The van der Waals surface area contributed by atoms with Gasteiger partial charge in [-0.2, -0.15) is 0 Å². The molecule has 1 unspecified atom stereocenters. The third-order valence-corrected chi connectivity index (χ3v) is 3.98. The number of likely N-dealkylation sites (N-methyl/N-ethyl adjacent to an activating group) is 1. The lowest BCUT2D eigenvalue weighted by atomic mass is 9.90. The number of halogens is 1. The summed E-state index contributed by atoms with van der Waals surface area (Å²) in [5.41, 5.74) is 0.841. The normalized spacial score (nSPS) is 18.3. The average molecular weight is 474 g/mol. The van der Waals surface area contributed by atoms with Gasteiger partial charge in [0, 0.05) is 32.1 Å². The van der Waals surface area contributed by atoms with Crippen molar-refractivity contribution >= 4 is 35.8 Å². The second-order valence-electron chi connectivity index (χ2n) is 7.55. The zero-order chi connectivity index (χ0) is 18.6. The molecule has 2 rings (SSSR count). The highest BCUT2D eigenvalue weighted by Crippen LogP contribution is 2.39. The molecule has 6 nitrogen and oxygen atoms in total. The Labute approximate surface area is 173 Å². The molecule has 1 atom stereocenters. The highest BCUT2D eigenvalue weighted by Gasteiger charge is 2.34. The molecule has 1 aliphatic rings. The third kappa shape index (κ3) is 6.34. The van der Waals surface area contributed by atoms with Crippen LogP contribution in [0.15, 0.2) is 29.3 Å². The molecule has 1 aliphatic heterocycles. The second kappa shape index (κ2) is 9.43. The first-order valence-corrected chi connectivity index (χ1v) is 8.73. The van der Waals surface area contributed by atoms with Gasteiger partial charge in [0.1, 0.15) is 17.9 Å². The van der Waals surface area contributed by atoms with Crippen LogP contribution in [-0.4, -0.2) is 49.0 Å². The molecule has 7 heteroatoms. The molecular weight excluding hydrogens is 443 g/mol. The number of fused-ring (bicyclic) bond motifs is 1. The number of amides is 1. The number of rotatable bonds is 4. The van der Waals surface area contributed by atoms with Crippen LogP contribution in [0.2, 0.25) is 0 Å². The zero-order valence-corrected chi connectivity index (χ0v) is 18.8. The lowest BCUT2D eigenvalue weighted by Gasteiger charge is -2.38. The molecule has 0 aromatic heterocycles. The van der Waals surface area contributed by atoms with E-state index in [1.807, 2.05) is 32.0 Å². The largest absolute Gasteiger partial charge is 0.487 e. The van der Waals surface area contributed by atoms with E-state index < -0.39 is 0 Å². The number of carbonyl (C=O) groups excluding carboxylic acids is 1. The van der Waals surface area contributed by atoms with E-state index in [0.717, 1.165) is 17.7 Å². The van der Waals surface area contributed by atoms with Gasteiger partial charge in [0.2, 0.25) is 5.91 Å². The average Bonchev–Trinajstić information content (AvgIpc) is 2.50. The molecule has 0 spiro atoms. The van der Waals surface area contributed by atoms with Crippen molar-refractivity contribution in [1.82, 2.24) is 15.5 Å². The number of nitrogens with zero attached hydrogens (tertiary/aromatic N) is 2. The van der Waals surface area contributed by atoms with Crippen LogP contribution in [0.4, 0.5) is 0 Å². The zero-order valence-electron chi connectivity index (χ0n) is 16.5. The van der Waals surface area contributed by atoms with Gasteiger partial charge in [-0.15, -0.1) is 24.0 Å². The van der Waals surface area contributed by atoms with Crippen LogP contribution in [0, 0.1) is 0 Å². The summed E-state index contributed by atoms with van der Waals surface area (Å²) < 4.78 is 6.08. The molecule has 1 aromatic rings. The van der Waals surface area contributed by atoms with Gasteiger partial charge < -0.3 is 20.3 Å². The quantitative estimate of drug-likeness (QED) is 0.400. The van der Waals surface area contributed by atoms with E-state index in [1.54, 1.807) is 19.0 Å². The van der Waals surface area contributed by atoms with Crippen LogP contribution >= 0.6 is 24.0 Å². The minimum atomic E-state index is -0.269. The van der Waals surface area contributed by atoms with Gasteiger partial charge >= 0.3 is 0 Å². The topological polar surface area (TPSA) is 66.0 Å². The number of para-hydroxylation sites is 1. The summed E-state index contributed by atoms with van der Waals surface area (Å²) in [7, 11) is 3.47. The minimum absolute atomic E-state index is 0. The van der Waals surface area contributed by atoms with Gasteiger partial charge in [-0.1, -0.05) is 18.2 Å². The standard InChI is InChI=1S/C19H30N4O2.HI/c1-13(2)21-18(20-12-17(24)23(5)6)22-15-11-19(3,4)25-16-10-8-7-9-14(15)16;/h7-10,13,15H,11-12H2,1-6H3,(H2,20,21,22);1H. The molecule has 1 heterocycles. The predicted octanol–water partition coefficient (Wildman–Crippen LogP) is 2.94. The summed E-state index contributed by atoms with van der Waals surface area (Å²) in [5, 5.41) is 6.79. The highest BCUT2D eigenvalue weighted by atomic mass is 127. The molecule has 0 radical (unpaired) electrons. The van der Waals surface area contributed by atoms with Crippen molar-refractivity contribution in [3.63, 3.8) is 0 Å². The first-order valence-electron chi connectivity index (χ1n) is 8.73. The maximum Gasteiger partial charge on any atom is 0.243 e. The van der Waals surface area contributed by atoms with Crippen LogP contribution < -0.4 is 15.4 Å². The van der Waals surface area contributed by atoms with Crippen LogP contribution in [-0.2, 0) is 4.79 Å². The number of guanidine groups is 1. The second-order valence-corrected chi connectivity index (χ2v) is 7.55. The van der Waals surface area contributed by atoms with Crippen LogP contribution in [0.5, 0.6) is 5.75 Å². The Morgan fingerprint density at radius 1 is 1.35 bits per heavy atom. The molecular formula is C19H31IN4O2. The molecule has 0 saturated heterocycles. The van der Waals surface area contributed by atoms with Gasteiger partial charge in [0.15, 0.2) is 5.96 Å². The summed E-state index contributed by atoms with van der Waals surface area (Å²) in [6.45, 7) is 8.38. The van der Waals surface area contributed by atoms with Gasteiger partial charge in [-0.05, 0) is 33.8 Å². The minimum Gasteiger partial charge on any atom is -0.487 e. The Bertz CT molecular complexity index is 644. The summed E-state index contributed by atoms with van der Waals surface area (Å²) in [6.07, 6.45) is 0.810. The van der Waals surface area contributed by atoms with E-state index in [1.165, 1.54) is 0 Å². The number of hydrogen-bond donors (Lipinski definition) is 2. The Balaban J connectivity index is 0.00000338. The van der Waals surface area contributed by atoms with E-state index >= 15 is 0 Å². The Kier molecular flexibility index (Phi) is 8.17. The fourth-order valence-corrected chi connectivity index (χ4v) is 2.79. The predicted molar refractivity (Wildman–Crippen MR) is 116 cm³/mol. The third-order valence-electron chi connectivity index (χ3n) is 3.98. The molecule has 0 saturated carbocycles. The first kappa shape index (κ1) is 22.5. The lowest BCUT2D eigenvalue weighted by Crippen LogP contribution is -2.47. The summed E-state index contributed by atoms with van der Waals surface area (Å²) in [5.74, 6) is 1.50. The fourth-order valence-electron chi connectivity index (χ4n) is 2.79. The Morgan fingerprint density at radius 2 is 2.00 bits per heavy atom. The fraction of sp³-hybridized carbons (Fsp3) is 0.579. The number of nitrogens with one attached hydrogen (secondary N) is 2. The van der Waals surface area contributed by atoms with Crippen molar-refractivity contribution in [2.45, 2.75) is 51.8 Å². The molecule has 0 fully saturated rings. The van der Waals surface area contributed by atoms with E-state index in [9.17, 15) is 4.79 Å². The van der Waals surface area contributed by atoms with Crippen LogP contribution in [0.1, 0.15) is 45.7 Å². The Morgan fingerprint density at radius 3 is 2.62 bits per heavy atom. The number of carbonyl (C=O) groups is 1. The van der Waals surface area contributed by atoms with Crippen molar-refractivity contribution in [2.24, 2.45) is 4.99 Å². The SMILES string of the molecule is CC(C)NC(=NCC(=O)N(C)C)NC1CC(C)(C)Oc2ccccc21.I. The van der Waals surface area contributed by atoms with Crippen molar-refractivity contribution in [1.29, 1.82) is 0 Å².